The molecule has 50 heavy (non-hydrogen) atoms. The van der Waals surface area contributed by atoms with Crippen LogP contribution < -0.4 is 5.73 Å². The summed E-state index contributed by atoms with van der Waals surface area (Å²) in [5, 5.41) is 0. The van der Waals surface area contributed by atoms with Gasteiger partial charge < -0.3 is 20.1 Å². The lowest BCUT2D eigenvalue weighted by Crippen LogP contribution is -2.28. The second-order valence-corrected chi connectivity index (χ2v) is 14.6. The Bertz CT molecular complexity index is 905. The van der Waals surface area contributed by atoms with E-state index >= 15 is 0 Å². The summed E-state index contributed by atoms with van der Waals surface area (Å²) in [5.41, 5.74) is 5.36. The van der Waals surface area contributed by atoms with E-state index in [4.69, 9.17) is 24.3 Å². The van der Waals surface area contributed by atoms with E-state index < -0.39 is 13.9 Å². The number of nitrogens with two attached hydrogens (primary N) is 1. The van der Waals surface area contributed by atoms with Crippen molar-refractivity contribution in [1.82, 2.24) is 0 Å². The lowest BCUT2D eigenvalue weighted by atomic mass is 10.0. The first-order valence-corrected chi connectivity index (χ1v) is 21.6. The van der Waals surface area contributed by atoms with Crippen LogP contribution in [0.25, 0.3) is 0 Å². The molecule has 292 valence electrons. The van der Waals surface area contributed by atoms with Crippen LogP contribution in [0.5, 0.6) is 0 Å². The molecular formula is C41H76NO7P. The van der Waals surface area contributed by atoms with Crippen LogP contribution in [0.2, 0.25) is 0 Å². The van der Waals surface area contributed by atoms with E-state index in [0.717, 1.165) is 70.6 Å². The number of unbranched alkanes of at least 4 members (excludes halogenated alkanes) is 17. The quantitative estimate of drug-likeness (QED) is 0.0279. The van der Waals surface area contributed by atoms with Crippen molar-refractivity contribution in [3.8, 4) is 0 Å². The van der Waals surface area contributed by atoms with Crippen molar-refractivity contribution in [3.05, 3.63) is 48.6 Å². The molecule has 0 bridgehead atoms. The molecule has 0 radical (unpaired) electrons. The average Bonchev–Trinajstić information content (AvgIpc) is 3.10. The summed E-state index contributed by atoms with van der Waals surface area (Å²) < 4.78 is 33.3. The van der Waals surface area contributed by atoms with Gasteiger partial charge in [0.1, 0.15) is 6.10 Å². The van der Waals surface area contributed by atoms with Crippen LogP contribution in [0.15, 0.2) is 48.6 Å². The number of ether oxygens (including phenoxy) is 2. The third-order valence-corrected chi connectivity index (χ3v) is 9.24. The van der Waals surface area contributed by atoms with Crippen LogP contribution in [0.3, 0.4) is 0 Å². The Labute approximate surface area is 307 Å². The Morgan fingerprint density at radius 2 is 1.12 bits per heavy atom. The maximum Gasteiger partial charge on any atom is 0.472 e. The van der Waals surface area contributed by atoms with Crippen molar-refractivity contribution in [2.45, 2.75) is 174 Å². The van der Waals surface area contributed by atoms with Crippen molar-refractivity contribution < 1.29 is 32.8 Å². The topological polar surface area (TPSA) is 117 Å². The number of esters is 1. The van der Waals surface area contributed by atoms with E-state index in [1.54, 1.807) is 0 Å². The highest BCUT2D eigenvalue weighted by atomic mass is 31.2. The Morgan fingerprint density at radius 3 is 1.66 bits per heavy atom. The van der Waals surface area contributed by atoms with Gasteiger partial charge in [-0.3, -0.25) is 13.8 Å². The molecule has 0 heterocycles. The molecule has 2 unspecified atom stereocenters. The molecule has 0 fully saturated rings. The Balaban J connectivity index is 4.12. The van der Waals surface area contributed by atoms with Crippen LogP contribution >= 0.6 is 7.82 Å². The van der Waals surface area contributed by atoms with E-state index in [9.17, 15) is 14.3 Å². The maximum absolute atomic E-state index is 12.5. The molecule has 0 saturated carbocycles. The SMILES string of the molecule is CC/C=C\C/C=C\C/C=C\C/C=C\CCCCCOCC(COP(=O)(O)OCCN)OC(=O)CCCCCCCCCCCCCCCCC. The fraction of sp³-hybridized carbons (Fsp3) is 0.780. The molecule has 2 atom stereocenters. The molecule has 0 aromatic carbocycles. The predicted molar refractivity (Wildman–Crippen MR) is 210 cm³/mol. The molecule has 0 aromatic heterocycles. The molecule has 9 heteroatoms. The number of allylic oxidation sites excluding steroid dienone is 8. The van der Waals surface area contributed by atoms with Crippen molar-refractivity contribution in [1.29, 1.82) is 0 Å². The molecular weight excluding hydrogens is 649 g/mol. The van der Waals surface area contributed by atoms with Gasteiger partial charge in [0.2, 0.25) is 0 Å². The summed E-state index contributed by atoms with van der Waals surface area (Å²) in [6.45, 7) is 4.73. The monoisotopic (exact) mass is 726 g/mol. The lowest BCUT2D eigenvalue weighted by molar-refractivity contribution is -0.154. The number of carbonyl (C=O) groups is 1. The lowest BCUT2D eigenvalue weighted by Gasteiger charge is -2.20. The number of phosphoric acid groups is 1. The van der Waals surface area contributed by atoms with Crippen molar-refractivity contribution in [3.63, 3.8) is 0 Å². The first-order valence-electron chi connectivity index (χ1n) is 20.1. The minimum absolute atomic E-state index is 0.0942. The normalized spacial score (nSPS) is 14.1. The Kier molecular flexibility index (Phi) is 37.5. The van der Waals surface area contributed by atoms with Crippen LogP contribution in [0.4, 0.5) is 0 Å². The number of hydrogen-bond donors (Lipinski definition) is 2. The molecule has 0 saturated heterocycles. The second-order valence-electron chi connectivity index (χ2n) is 13.1. The zero-order valence-corrected chi connectivity index (χ0v) is 33.0. The molecule has 0 amide bonds. The van der Waals surface area contributed by atoms with Crippen molar-refractivity contribution in [2.24, 2.45) is 5.73 Å². The summed E-state index contributed by atoms with van der Waals surface area (Å²) in [6.07, 6.45) is 44.1. The minimum atomic E-state index is -4.28. The van der Waals surface area contributed by atoms with Crippen molar-refractivity contribution in [2.75, 3.05) is 33.0 Å². The zero-order chi connectivity index (χ0) is 36.6. The number of hydrogen-bond acceptors (Lipinski definition) is 7. The maximum atomic E-state index is 12.5. The second kappa shape index (κ2) is 38.7. The third-order valence-electron chi connectivity index (χ3n) is 8.26. The van der Waals surface area contributed by atoms with Gasteiger partial charge in [0.15, 0.2) is 0 Å². The Morgan fingerprint density at radius 1 is 0.620 bits per heavy atom. The van der Waals surface area contributed by atoms with Gasteiger partial charge in [0.05, 0.1) is 19.8 Å². The van der Waals surface area contributed by atoms with Crippen LogP contribution in [-0.2, 0) is 27.9 Å². The summed E-state index contributed by atoms with van der Waals surface area (Å²) in [4.78, 5) is 22.4. The molecule has 0 aliphatic carbocycles. The fourth-order valence-electron chi connectivity index (χ4n) is 5.34. The first kappa shape index (κ1) is 48.5. The number of carbonyl (C=O) groups excluding carboxylic acids is 1. The molecule has 0 aromatic rings. The van der Waals surface area contributed by atoms with Gasteiger partial charge in [-0.15, -0.1) is 0 Å². The summed E-state index contributed by atoms with van der Waals surface area (Å²) in [5.74, 6) is -0.342. The Hall–Kier alpha value is -1.54. The van der Waals surface area contributed by atoms with E-state index in [0.29, 0.717) is 13.0 Å². The highest BCUT2D eigenvalue weighted by molar-refractivity contribution is 7.47. The largest absolute Gasteiger partial charge is 0.472 e. The van der Waals surface area contributed by atoms with Gasteiger partial charge in [-0.1, -0.05) is 159 Å². The fourth-order valence-corrected chi connectivity index (χ4v) is 6.11. The van der Waals surface area contributed by atoms with Gasteiger partial charge in [-0.25, -0.2) is 4.57 Å². The zero-order valence-electron chi connectivity index (χ0n) is 32.1. The highest BCUT2D eigenvalue weighted by Crippen LogP contribution is 2.43. The molecule has 0 spiro atoms. The van der Waals surface area contributed by atoms with E-state index in [1.807, 2.05) is 0 Å². The van der Waals surface area contributed by atoms with Gasteiger partial charge >= 0.3 is 13.8 Å². The van der Waals surface area contributed by atoms with E-state index in [-0.39, 0.29) is 32.3 Å². The summed E-state index contributed by atoms with van der Waals surface area (Å²) in [6, 6.07) is 0. The van der Waals surface area contributed by atoms with E-state index in [2.05, 4.69) is 62.5 Å². The molecule has 8 nitrogen and oxygen atoms in total. The van der Waals surface area contributed by atoms with Crippen molar-refractivity contribution >= 4 is 13.8 Å². The van der Waals surface area contributed by atoms with E-state index in [1.165, 1.54) is 77.0 Å². The van der Waals surface area contributed by atoms with Gasteiger partial charge in [-0.2, -0.15) is 0 Å². The van der Waals surface area contributed by atoms with Crippen LogP contribution in [0.1, 0.15) is 168 Å². The predicted octanol–water partition coefficient (Wildman–Crippen LogP) is 11.6. The minimum Gasteiger partial charge on any atom is -0.457 e. The molecule has 0 aliphatic rings. The smallest absolute Gasteiger partial charge is 0.457 e. The molecule has 0 aliphatic heterocycles. The van der Waals surface area contributed by atoms with Crippen LogP contribution in [-0.4, -0.2) is 49.9 Å². The van der Waals surface area contributed by atoms with Gasteiger partial charge in [0.25, 0.3) is 0 Å². The van der Waals surface area contributed by atoms with Gasteiger partial charge in [0, 0.05) is 19.6 Å². The number of rotatable bonds is 38. The van der Waals surface area contributed by atoms with Crippen LogP contribution in [0, 0.1) is 0 Å². The standard InChI is InChI=1S/C41H76NO7P/c1-3-5-7-9-11-13-15-17-19-21-23-25-27-29-31-33-36-46-38-40(39-48-50(44,45)47-37-35-42)49-41(43)34-32-30-28-26-24-22-20-18-16-14-12-10-8-6-4-2/h5,7,11,13,17,19,23,25,40H,3-4,6,8-10,12,14-16,18,20-22,24,26-39,42H2,1-2H3,(H,44,45)/b7-5-,13-11-,19-17-,25-23-. The number of phosphoric ester groups is 1. The molecule has 3 N–H and O–H groups in total. The highest BCUT2D eigenvalue weighted by Gasteiger charge is 2.25. The third kappa shape index (κ3) is 37.7. The van der Waals surface area contributed by atoms with Gasteiger partial charge in [-0.05, 0) is 51.4 Å². The summed E-state index contributed by atoms with van der Waals surface area (Å²) in [7, 11) is -4.28. The average molecular weight is 726 g/mol. The first-order chi connectivity index (χ1) is 24.4. The summed E-state index contributed by atoms with van der Waals surface area (Å²) >= 11 is 0. The molecule has 0 rings (SSSR count).